The van der Waals surface area contributed by atoms with Crippen molar-refractivity contribution in [2.45, 2.75) is 69.2 Å². The zero-order chi connectivity index (χ0) is 25.3. The maximum atomic E-state index is 2.56. The number of aromatic nitrogens is 2. The molecule has 2 heterocycles. The van der Waals surface area contributed by atoms with Crippen LogP contribution in [0, 0.1) is 69.2 Å². The number of imidazole rings is 1. The van der Waals surface area contributed by atoms with E-state index in [-0.39, 0.29) is 6.34 Å². The van der Waals surface area contributed by atoms with Crippen molar-refractivity contribution in [2.24, 2.45) is 0 Å². The molecule has 0 bridgehead atoms. The predicted octanol–water partition coefficient (Wildman–Crippen LogP) is 7.47. The van der Waals surface area contributed by atoms with Gasteiger partial charge in [0.15, 0.2) is 0 Å². The van der Waals surface area contributed by atoms with E-state index >= 15 is 0 Å². The van der Waals surface area contributed by atoms with Crippen LogP contribution >= 0.6 is 0 Å². The first-order valence-corrected chi connectivity index (χ1v) is 12.8. The van der Waals surface area contributed by atoms with E-state index in [1.165, 1.54) is 83.5 Å². The number of aryl methyl sites for hydroxylation is 9. The van der Waals surface area contributed by atoms with Gasteiger partial charge in [-0.15, -0.1) is 0 Å². The summed E-state index contributed by atoms with van der Waals surface area (Å²) in [5, 5.41) is 1.34. The van der Waals surface area contributed by atoms with Crippen molar-refractivity contribution >= 4 is 22.8 Å². The van der Waals surface area contributed by atoms with Gasteiger partial charge in [0.2, 0.25) is 0 Å². The molecule has 0 atom stereocenters. The minimum absolute atomic E-state index is 0.164. The van der Waals surface area contributed by atoms with Crippen molar-refractivity contribution < 1.29 is 4.57 Å². The van der Waals surface area contributed by atoms with Crippen LogP contribution in [-0.2, 0) is 0 Å². The summed E-state index contributed by atoms with van der Waals surface area (Å²) in [6, 6.07) is 14.0. The van der Waals surface area contributed by atoms with Gasteiger partial charge in [-0.05, 0) is 77.5 Å². The van der Waals surface area contributed by atoms with Gasteiger partial charge >= 0.3 is 0 Å². The van der Waals surface area contributed by atoms with Gasteiger partial charge in [0.25, 0.3) is 0 Å². The maximum Gasteiger partial charge on any atom is 0.145 e. The van der Waals surface area contributed by atoms with Crippen molar-refractivity contribution in [3.8, 4) is 11.2 Å². The van der Waals surface area contributed by atoms with Gasteiger partial charge in [0, 0.05) is 20.2 Å². The number of benzene rings is 3. The molecule has 0 radical (unpaired) electrons. The van der Waals surface area contributed by atoms with Crippen molar-refractivity contribution in [1.29, 1.82) is 0 Å². The lowest BCUT2D eigenvalue weighted by molar-refractivity contribution is -0.573. The minimum atomic E-state index is 0.164. The van der Waals surface area contributed by atoms with Gasteiger partial charge in [0.1, 0.15) is 22.6 Å². The number of rotatable bonds is 2. The SMILES string of the molecule is Cc1cc(C)c(-[b-]2cc3cc(C)cc(C)c3n3c(C)c(C)[n+](-c4c(C)cc(C)cc4C)c23)c(C)c1. The number of nitrogens with zero attached hydrogens (tertiary/aromatic N) is 2. The second kappa shape index (κ2) is 8.19. The summed E-state index contributed by atoms with van der Waals surface area (Å²) in [7, 11) is 0. The normalized spacial score (nSPS) is 11.7. The van der Waals surface area contributed by atoms with Crippen LogP contribution in [0.3, 0.4) is 0 Å². The number of hydrogen-bond donors (Lipinski definition) is 0. The maximum absolute atomic E-state index is 2.56. The molecule has 0 N–H and O–H groups in total. The second-order valence-electron chi connectivity index (χ2n) is 10.9. The van der Waals surface area contributed by atoms with Crippen LogP contribution in [0.1, 0.15) is 55.9 Å². The van der Waals surface area contributed by atoms with E-state index in [9.17, 15) is 0 Å². The van der Waals surface area contributed by atoms with E-state index in [1.54, 1.807) is 0 Å². The fourth-order valence-electron chi connectivity index (χ4n) is 6.71. The summed E-state index contributed by atoms with van der Waals surface area (Å²) < 4.78 is 5.11. The third-order valence-electron chi connectivity index (χ3n) is 7.88. The van der Waals surface area contributed by atoms with Crippen molar-refractivity contribution in [1.82, 2.24) is 4.40 Å². The molecule has 0 spiro atoms. The smallest absolute Gasteiger partial charge is 0.145 e. The Labute approximate surface area is 210 Å². The van der Waals surface area contributed by atoms with Crippen LogP contribution < -0.4 is 4.57 Å². The lowest BCUT2D eigenvalue weighted by atomic mass is 9.56. The zero-order valence-corrected chi connectivity index (χ0v) is 23.0. The van der Waals surface area contributed by atoms with Gasteiger partial charge < -0.3 is 0 Å². The van der Waals surface area contributed by atoms with Gasteiger partial charge in [0.05, 0.1) is 5.54 Å². The Hall–Kier alpha value is -3.20. The van der Waals surface area contributed by atoms with Crippen LogP contribution in [0.5, 0.6) is 0 Å². The first-order valence-electron chi connectivity index (χ1n) is 12.8. The van der Waals surface area contributed by atoms with Crippen molar-refractivity contribution in [2.75, 3.05) is 0 Å². The molecule has 178 valence electrons. The molecule has 0 aliphatic carbocycles. The molecule has 3 aromatic carbocycles. The van der Waals surface area contributed by atoms with Gasteiger partial charge in [-0.3, -0.25) is 0 Å². The fraction of sp³-hybridized carbons (Fsp3) is 0.312. The number of hydrogen-bond acceptors (Lipinski definition) is 0. The van der Waals surface area contributed by atoms with E-state index in [0.29, 0.717) is 0 Å². The highest BCUT2D eigenvalue weighted by Gasteiger charge is 2.25. The Kier molecular flexibility index (Phi) is 5.51. The topological polar surface area (TPSA) is 8.29 Å². The Morgan fingerprint density at radius 2 is 1.09 bits per heavy atom. The summed E-state index contributed by atoms with van der Waals surface area (Å²) >= 11 is 0. The second-order valence-corrected chi connectivity index (χ2v) is 10.9. The molecule has 0 saturated heterocycles. The highest BCUT2D eigenvalue weighted by Crippen LogP contribution is 2.30. The number of fused-ring (bicyclic) bond motifs is 3. The molecular weight excluding hydrogens is 423 g/mol. The molecule has 3 heteroatoms. The summed E-state index contributed by atoms with van der Waals surface area (Å²) in [6.07, 6.45) is 0.164. The third kappa shape index (κ3) is 3.55. The van der Waals surface area contributed by atoms with Crippen molar-refractivity contribution in [3.63, 3.8) is 0 Å². The average molecular weight is 460 g/mol. The van der Waals surface area contributed by atoms with Gasteiger partial charge in [-0.1, -0.05) is 64.2 Å². The summed E-state index contributed by atoms with van der Waals surface area (Å²) in [5.41, 5.74) is 18.7. The molecule has 0 amide bonds. The molecule has 5 aromatic rings. The molecule has 2 aromatic heterocycles. The molecular formula is C32H37BN2. The lowest BCUT2D eigenvalue weighted by Crippen LogP contribution is -2.37. The molecule has 0 aliphatic rings. The monoisotopic (exact) mass is 460 g/mol. The predicted molar refractivity (Wildman–Crippen MR) is 151 cm³/mol. The summed E-state index contributed by atoms with van der Waals surface area (Å²) in [4.78, 5) is 0. The van der Waals surface area contributed by atoms with Crippen LogP contribution in [0.15, 0.2) is 42.4 Å². The molecule has 2 nitrogen and oxygen atoms in total. The first kappa shape index (κ1) is 23.5. The van der Waals surface area contributed by atoms with Crippen LogP contribution in [0.4, 0.5) is 0 Å². The lowest BCUT2D eigenvalue weighted by Gasteiger charge is -2.23. The molecule has 5 rings (SSSR count). The van der Waals surface area contributed by atoms with E-state index in [1.807, 2.05) is 0 Å². The van der Waals surface area contributed by atoms with E-state index in [2.05, 4.69) is 121 Å². The third-order valence-corrected chi connectivity index (χ3v) is 7.88. The molecule has 0 saturated carbocycles. The Morgan fingerprint density at radius 3 is 1.66 bits per heavy atom. The molecule has 0 unspecified atom stereocenters. The summed E-state index contributed by atoms with van der Waals surface area (Å²) in [6.45, 7) is 22.5. The van der Waals surface area contributed by atoms with E-state index in [4.69, 9.17) is 0 Å². The quantitative estimate of drug-likeness (QED) is 0.242. The van der Waals surface area contributed by atoms with Crippen LogP contribution in [0.25, 0.3) is 27.6 Å². The molecule has 0 aliphatic heterocycles. The van der Waals surface area contributed by atoms with E-state index in [0.717, 1.165) is 0 Å². The van der Waals surface area contributed by atoms with Gasteiger partial charge in [-0.2, -0.15) is 0 Å². The van der Waals surface area contributed by atoms with Crippen LogP contribution in [0.2, 0.25) is 0 Å². The minimum Gasteiger partial charge on any atom is -0.238 e. The van der Waals surface area contributed by atoms with Crippen LogP contribution in [-0.4, -0.2) is 10.7 Å². The molecule has 35 heavy (non-hydrogen) atoms. The van der Waals surface area contributed by atoms with Crippen molar-refractivity contribution in [3.05, 3.63) is 98.3 Å². The first-order chi connectivity index (χ1) is 16.5. The van der Waals surface area contributed by atoms with E-state index < -0.39 is 0 Å². The standard InChI is InChI=1S/C32H37BN2/c1-18-11-21(4)29(22(5)12-18)33-17-28-16-20(3)15-25(8)31(28)35-27(10)26(9)34(32(33)35)30-23(6)13-19(2)14-24(30)7/h11-17H,1-10H3. The largest absolute Gasteiger partial charge is 0.238 e. The van der Waals surface area contributed by atoms with Gasteiger partial charge in [-0.25, -0.2) is 20.4 Å². The Morgan fingerprint density at radius 1 is 0.600 bits per heavy atom. The molecule has 0 fully saturated rings. The summed E-state index contributed by atoms with van der Waals surface area (Å²) in [5.74, 6) is 2.52. The average Bonchev–Trinajstić information content (AvgIpc) is 2.98. The fourth-order valence-corrected chi connectivity index (χ4v) is 6.71. The zero-order valence-electron chi connectivity index (χ0n) is 23.0. The highest BCUT2D eigenvalue weighted by molar-refractivity contribution is 6.73. The Bertz CT molecular complexity index is 1640. The highest BCUT2D eigenvalue weighted by atomic mass is 15.1. The Balaban J connectivity index is 2.10.